The summed E-state index contributed by atoms with van der Waals surface area (Å²) in [5.41, 5.74) is 0. The van der Waals surface area contributed by atoms with Gasteiger partial charge < -0.3 is 5.11 Å². The summed E-state index contributed by atoms with van der Waals surface area (Å²) in [5.74, 6) is 1.58. The van der Waals surface area contributed by atoms with Crippen molar-refractivity contribution in [2.45, 2.75) is 70.6 Å². The van der Waals surface area contributed by atoms with Crippen LogP contribution in [0, 0.1) is 11.8 Å². The van der Waals surface area contributed by atoms with Crippen LogP contribution < -0.4 is 0 Å². The lowest BCUT2D eigenvalue weighted by Crippen LogP contribution is -2.50. The summed E-state index contributed by atoms with van der Waals surface area (Å²) in [5, 5.41) is 10.5. The van der Waals surface area contributed by atoms with Crippen LogP contribution in [0.25, 0.3) is 0 Å². The van der Waals surface area contributed by atoms with Gasteiger partial charge in [0, 0.05) is 18.6 Å². The van der Waals surface area contributed by atoms with Crippen LogP contribution in [0.2, 0.25) is 0 Å². The highest BCUT2D eigenvalue weighted by Gasteiger charge is 2.37. The number of hydrogen-bond donors (Lipinski definition) is 1. The predicted octanol–water partition coefficient (Wildman–Crippen LogP) is 2.34. The molecule has 20 heavy (non-hydrogen) atoms. The molecule has 2 heterocycles. The predicted molar refractivity (Wildman–Crippen MR) is 82.8 cm³/mol. The third kappa shape index (κ3) is 3.05. The number of rotatable bonds is 2. The second-order valence-electron chi connectivity index (χ2n) is 7.63. The maximum Gasteiger partial charge on any atom is 0.0695 e. The summed E-state index contributed by atoms with van der Waals surface area (Å²) in [7, 11) is 0. The number of aliphatic hydroxyl groups is 1. The molecule has 4 atom stereocenters. The lowest BCUT2D eigenvalue weighted by Gasteiger charge is -2.42. The van der Waals surface area contributed by atoms with E-state index in [1.54, 1.807) is 0 Å². The molecule has 1 aliphatic carbocycles. The molecular formula is C17H32N2O. The maximum absolute atomic E-state index is 10.5. The van der Waals surface area contributed by atoms with Gasteiger partial charge in [-0.15, -0.1) is 0 Å². The Labute approximate surface area is 124 Å². The molecule has 0 spiro atoms. The van der Waals surface area contributed by atoms with Gasteiger partial charge in [-0.2, -0.15) is 0 Å². The zero-order valence-corrected chi connectivity index (χ0v) is 13.3. The Kier molecular flexibility index (Phi) is 4.68. The number of hydrogen-bond acceptors (Lipinski definition) is 3. The average Bonchev–Trinajstić information content (AvgIpc) is 2.76. The highest BCUT2D eigenvalue weighted by atomic mass is 16.3. The summed E-state index contributed by atoms with van der Waals surface area (Å²) >= 11 is 0. The molecule has 0 aromatic rings. The van der Waals surface area contributed by atoms with Crippen molar-refractivity contribution in [3.8, 4) is 0 Å². The molecule has 3 aliphatic rings. The molecular weight excluding hydrogens is 248 g/mol. The van der Waals surface area contributed by atoms with Gasteiger partial charge in [0.2, 0.25) is 0 Å². The minimum Gasteiger partial charge on any atom is -0.391 e. The minimum absolute atomic E-state index is 0.0852. The maximum atomic E-state index is 10.5. The standard InChI is InChI=1S/C17H32N2O/c1-13(2)14-6-7-17(20)16(11-14)19-10-4-9-18-8-3-5-15(18)12-19/h13-17,20H,3-12H2,1-2H3. The molecule has 116 valence electrons. The number of nitrogens with zero attached hydrogens (tertiary/aromatic N) is 2. The first-order valence-corrected chi connectivity index (χ1v) is 8.81. The molecule has 0 bridgehead atoms. The van der Waals surface area contributed by atoms with E-state index in [1.807, 2.05) is 0 Å². The van der Waals surface area contributed by atoms with Crippen molar-refractivity contribution in [2.24, 2.45) is 11.8 Å². The van der Waals surface area contributed by atoms with Crippen LogP contribution >= 0.6 is 0 Å². The Morgan fingerprint density at radius 1 is 0.950 bits per heavy atom. The van der Waals surface area contributed by atoms with Gasteiger partial charge in [-0.1, -0.05) is 13.8 Å². The molecule has 0 radical (unpaired) electrons. The van der Waals surface area contributed by atoms with Gasteiger partial charge in [0.05, 0.1) is 6.10 Å². The highest BCUT2D eigenvalue weighted by Crippen LogP contribution is 2.34. The molecule has 4 unspecified atom stereocenters. The van der Waals surface area contributed by atoms with Crippen LogP contribution in [0.1, 0.15) is 52.4 Å². The van der Waals surface area contributed by atoms with Crippen LogP contribution in [-0.2, 0) is 0 Å². The van der Waals surface area contributed by atoms with Crippen LogP contribution in [0.3, 0.4) is 0 Å². The topological polar surface area (TPSA) is 26.7 Å². The number of fused-ring (bicyclic) bond motifs is 1. The molecule has 3 heteroatoms. The molecule has 3 rings (SSSR count). The number of aliphatic hydroxyl groups excluding tert-OH is 1. The summed E-state index contributed by atoms with van der Waals surface area (Å²) in [6, 6.07) is 1.20. The lowest BCUT2D eigenvalue weighted by molar-refractivity contribution is -0.00656. The zero-order valence-electron chi connectivity index (χ0n) is 13.3. The van der Waals surface area contributed by atoms with Gasteiger partial charge in [0.1, 0.15) is 0 Å². The van der Waals surface area contributed by atoms with Gasteiger partial charge in [0.15, 0.2) is 0 Å². The van der Waals surface area contributed by atoms with Crippen LogP contribution in [0.5, 0.6) is 0 Å². The Hall–Kier alpha value is -0.120. The molecule has 0 aromatic heterocycles. The Morgan fingerprint density at radius 3 is 2.50 bits per heavy atom. The van der Waals surface area contributed by atoms with Gasteiger partial charge in [-0.05, 0) is 70.0 Å². The fourth-order valence-corrected chi connectivity index (χ4v) is 4.70. The first-order chi connectivity index (χ1) is 9.65. The highest BCUT2D eigenvalue weighted by molar-refractivity contribution is 4.92. The smallest absolute Gasteiger partial charge is 0.0695 e. The van der Waals surface area contributed by atoms with Gasteiger partial charge >= 0.3 is 0 Å². The summed E-state index contributed by atoms with van der Waals surface area (Å²) in [4.78, 5) is 5.34. The molecule has 3 fully saturated rings. The van der Waals surface area contributed by atoms with E-state index in [2.05, 4.69) is 23.6 Å². The van der Waals surface area contributed by atoms with Crippen molar-refractivity contribution in [3.63, 3.8) is 0 Å². The summed E-state index contributed by atoms with van der Waals surface area (Å²) in [6.07, 6.45) is 7.39. The average molecular weight is 280 g/mol. The molecule has 2 aliphatic heterocycles. The normalized spacial score (nSPS) is 40.8. The molecule has 1 N–H and O–H groups in total. The Balaban J connectivity index is 1.66. The van der Waals surface area contributed by atoms with E-state index >= 15 is 0 Å². The van der Waals surface area contributed by atoms with E-state index in [0.29, 0.717) is 6.04 Å². The monoisotopic (exact) mass is 280 g/mol. The summed E-state index contributed by atoms with van der Waals surface area (Å²) in [6.45, 7) is 9.67. The van der Waals surface area contributed by atoms with E-state index in [9.17, 15) is 5.11 Å². The van der Waals surface area contributed by atoms with E-state index in [0.717, 1.165) is 24.3 Å². The second-order valence-corrected chi connectivity index (χ2v) is 7.63. The third-order valence-corrected chi connectivity index (χ3v) is 6.07. The molecule has 1 saturated carbocycles. The molecule has 0 aromatic carbocycles. The first kappa shape index (κ1) is 14.8. The zero-order chi connectivity index (χ0) is 14.1. The van der Waals surface area contributed by atoms with E-state index < -0.39 is 0 Å². The van der Waals surface area contributed by atoms with Gasteiger partial charge in [-0.3, -0.25) is 9.80 Å². The van der Waals surface area contributed by atoms with Crippen LogP contribution in [-0.4, -0.2) is 59.3 Å². The Morgan fingerprint density at radius 2 is 1.70 bits per heavy atom. The van der Waals surface area contributed by atoms with Gasteiger partial charge in [0.25, 0.3) is 0 Å². The second kappa shape index (κ2) is 6.33. The van der Waals surface area contributed by atoms with Crippen LogP contribution in [0.15, 0.2) is 0 Å². The fourth-order valence-electron chi connectivity index (χ4n) is 4.70. The van der Waals surface area contributed by atoms with Crippen molar-refractivity contribution in [3.05, 3.63) is 0 Å². The van der Waals surface area contributed by atoms with Crippen molar-refractivity contribution in [1.29, 1.82) is 0 Å². The third-order valence-electron chi connectivity index (χ3n) is 6.07. The van der Waals surface area contributed by atoms with Gasteiger partial charge in [-0.25, -0.2) is 0 Å². The molecule has 2 saturated heterocycles. The fraction of sp³-hybridized carbons (Fsp3) is 1.00. The molecule has 0 amide bonds. The van der Waals surface area contributed by atoms with Crippen molar-refractivity contribution < 1.29 is 5.11 Å². The largest absolute Gasteiger partial charge is 0.391 e. The van der Waals surface area contributed by atoms with Crippen molar-refractivity contribution >= 4 is 0 Å². The lowest BCUT2D eigenvalue weighted by atomic mass is 9.77. The van der Waals surface area contributed by atoms with Crippen molar-refractivity contribution in [1.82, 2.24) is 9.80 Å². The SMILES string of the molecule is CC(C)C1CCC(O)C(N2CCCN3CCCC3C2)C1. The summed E-state index contributed by atoms with van der Waals surface area (Å²) < 4.78 is 0. The molecule has 3 nitrogen and oxygen atoms in total. The van der Waals surface area contributed by atoms with E-state index in [4.69, 9.17) is 0 Å². The van der Waals surface area contributed by atoms with E-state index in [-0.39, 0.29) is 6.10 Å². The minimum atomic E-state index is -0.0852. The van der Waals surface area contributed by atoms with Crippen LogP contribution in [0.4, 0.5) is 0 Å². The Bertz CT molecular complexity index is 320. The first-order valence-electron chi connectivity index (χ1n) is 8.81. The van der Waals surface area contributed by atoms with Crippen molar-refractivity contribution in [2.75, 3.05) is 26.2 Å². The van der Waals surface area contributed by atoms with E-state index in [1.165, 1.54) is 58.3 Å². The quantitative estimate of drug-likeness (QED) is 0.841.